The van der Waals surface area contributed by atoms with Crippen molar-refractivity contribution >= 4 is 39.3 Å². The molecule has 0 radical (unpaired) electrons. The lowest BCUT2D eigenvalue weighted by molar-refractivity contribution is -0.116. The van der Waals surface area contributed by atoms with Crippen LogP contribution in [0.5, 0.6) is 5.75 Å². The van der Waals surface area contributed by atoms with Crippen LogP contribution in [0.2, 0.25) is 0 Å². The quantitative estimate of drug-likeness (QED) is 0.483. The maximum Gasteiger partial charge on any atom is 0.276 e. The third-order valence-electron chi connectivity index (χ3n) is 6.14. The van der Waals surface area contributed by atoms with Crippen molar-refractivity contribution in [1.29, 1.82) is 0 Å². The monoisotopic (exact) mass is 478 g/mol. The molecular formula is C28H22N4O2S. The Labute approximate surface area is 206 Å². The number of thioether (sulfide) groups is 1. The van der Waals surface area contributed by atoms with Crippen molar-refractivity contribution in [2.24, 2.45) is 10.1 Å². The summed E-state index contributed by atoms with van der Waals surface area (Å²) in [6.45, 7) is 0. The predicted molar refractivity (Wildman–Crippen MR) is 139 cm³/mol. The van der Waals surface area contributed by atoms with Crippen molar-refractivity contribution in [2.45, 2.75) is 11.9 Å². The highest BCUT2D eigenvalue weighted by Gasteiger charge is 2.36. The summed E-state index contributed by atoms with van der Waals surface area (Å²) in [6, 6.07) is 29.9. The van der Waals surface area contributed by atoms with Crippen molar-refractivity contribution in [2.75, 3.05) is 7.11 Å². The van der Waals surface area contributed by atoms with Crippen LogP contribution in [0.1, 0.15) is 17.3 Å². The first-order valence-electron chi connectivity index (χ1n) is 11.3. The largest absolute Gasteiger partial charge is 0.496 e. The summed E-state index contributed by atoms with van der Waals surface area (Å²) in [5.41, 5.74) is 2.52. The summed E-state index contributed by atoms with van der Waals surface area (Å²) in [4.78, 5) is 18.5. The Hall–Kier alpha value is -4.10. The highest BCUT2D eigenvalue weighted by atomic mass is 32.2. The lowest BCUT2D eigenvalue weighted by Crippen LogP contribution is -2.50. The first kappa shape index (κ1) is 21.4. The SMILES string of the molecule is COc1ccc2ccccc2c1C1N=c2ccccc2=C2C(=O)NC(SCc3ccccc3)=NN21. The Kier molecular flexibility index (Phi) is 5.47. The first-order chi connectivity index (χ1) is 17.2. The van der Waals surface area contributed by atoms with E-state index in [0.29, 0.717) is 22.4 Å². The van der Waals surface area contributed by atoms with Gasteiger partial charge in [0.2, 0.25) is 0 Å². The van der Waals surface area contributed by atoms with Crippen LogP contribution in [-0.4, -0.2) is 23.2 Å². The minimum Gasteiger partial charge on any atom is -0.496 e. The van der Waals surface area contributed by atoms with Gasteiger partial charge in [-0.25, -0.2) is 5.01 Å². The van der Waals surface area contributed by atoms with Gasteiger partial charge in [-0.15, -0.1) is 5.10 Å². The Morgan fingerprint density at radius 3 is 2.57 bits per heavy atom. The number of carbonyl (C=O) groups excluding carboxylic acids is 1. The minimum absolute atomic E-state index is 0.192. The van der Waals surface area contributed by atoms with E-state index in [1.54, 1.807) is 12.1 Å². The van der Waals surface area contributed by atoms with E-state index >= 15 is 0 Å². The number of para-hydroxylation sites is 1. The van der Waals surface area contributed by atoms with Crippen molar-refractivity contribution < 1.29 is 9.53 Å². The highest BCUT2D eigenvalue weighted by molar-refractivity contribution is 8.13. The highest BCUT2D eigenvalue weighted by Crippen LogP contribution is 2.40. The van der Waals surface area contributed by atoms with Crippen molar-refractivity contribution in [1.82, 2.24) is 10.3 Å². The molecule has 172 valence electrons. The van der Waals surface area contributed by atoms with Gasteiger partial charge in [0.15, 0.2) is 11.3 Å². The molecule has 0 fully saturated rings. The van der Waals surface area contributed by atoms with E-state index in [-0.39, 0.29) is 5.91 Å². The number of hydrogen-bond acceptors (Lipinski definition) is 6. The van der Waals surface area contributed by atoms with Crippen molar-refractivity contribution in [3.63, 3.8) is 0 Å². The average molecular weight is 479 g/mol. The zero-order chi connectivity index (χ0) is 23.8. The molecule has 35 heavy (non-hydrogen) atoms. The van der Waals surface area contributed by atoms with E-state index in [0.717, 1.165) is 32.5 Å². The molecule has 2 heterocycles. The number of hydrogen-bond donors (Lipinski definition) is 1. The third kappa shape index (κ3) is 3.84. The molecule has 7 heteroatoms. The summed E-state index contributed by atoms with van der Waals surface area (Å²) < 4.78 is 5.78. The van der Waals surface area contributed by atoms with Gasteiger partial charge < -0.3 is 4.74 Å². The van der Waals surface area contributed by atoms with Crippen molar-refractivity contribution in [3.05, 3.63) is 113 Å². The van der Waals surface area contributed by atoms with E-state index in [1.165, 1.54) is 11.8 Å². The number of ether oxygens (including phenoxy) is 1. The lowest BCUT2D eigenvalue weighted by atomic mass is 9.99. The van der Waals surface area contributed by atoms with Crippen LogP contribution < -0.4 is 20.6 Å². The van der Waals surface area contributed by atoms with Crippen LogP contribution in [-0.2, 0) is 10.5 Å². The van der Waals surface area contributed by atoms with Crippen LogP contribution >= 0.6 is 11.8 Å². The normalized spacial score (nSPS) is 16.7. The smallest absolute Gasteiger partial charge is 0.276 e. The Bertz CT molecular complexity index is 1600. The second kappa shape index (κ2) is 8.92. The molecule has 4 aromatic carbocycles. The maximum atomic E-state index is 13.5. The van der Waals surface area contributed by atoms with E-state index in [2.05, 4.69) is 29.6 Å². The molecule has 0 saturated heterocycles. The van der Waals surface area contributed by atoms with E-state index < -0.39 is 6.17 Å². The lowest BCUT2D eigenvalue weighted by Gasteiger charge is -2.35. The zero-order valence-electron chi connectivity index (χ0n) is 19.0. The molecule has 0 spiro atoms. The maximum absolute atomic E-state index is 13.5. The summed E-state index contributed by atoms with van der Waals surface area (Å²) in [6.07, 6.45) is -0.556. The Balaban J connectivity index is 1.52. The van der Waals surface area contributed by atoms with E-state index in [1.807, 2.05) is 66.7 Å². The van der Waals surface area contributed by atoms with Gasteiger partial charge in [-0.05, 0) is 28.5 Å². The molecular weight excluding hydrogens is 456 g/mol. The van der Waals surface area contributed by atoms with Gasteiger partial charge in [-0.2, -0.15) is 0 Å². The number of nitrogens with zero attached hydrogens (tertiary/aromatic N) is 3. The number of benzene rings is 4. The van der Waals surface area contributed by atoms with Gasteiger partial charge in [0.1, 0.15) is 11.4 Å². The van der Waals surface area contributed by atoms with Crippen LogP contribution in [0.25, 0.3) is 16.5 Å². The molecule has 4 aromatic rings. The summed E-state index contributed by atoms with van der Waals surface area (Å²) >= 11 is 1.49. The fourth-order valence-electron chi connectivity index (χ4n) is 4.53. The van der Waals surface area contributed by atoms with Gasteiger partial charge >= 0.3 is 0 Å². The number of nitrogens with one attached hydrogen (secondary N) is 1. The van der Waals surface area contributed by atoms with Crippen LogP contribution in [0, 0.1) is 0 Å². The van der Waals surface area contributed by atoms with Crippen LogP contribution in [0.15, 0.2) is 101 Å². The molecule has 0 aromatic heterocycles. The van der Waals surface area contributed by atoms with Gasteiger partial charge in [0, 0.05) is 16.5 Å². The number of fused-ring (bicyclic) bond motifs is 3. The van der Waals surface area contributed by atoms with Gasteiger partial charge in [-0.3, -0.25) is 15.1 Å². The number of hydrazone groups is 1. The first-order valence-corrected chi connectivity index (χ1v) is 12.3. The second-order valence-electron chi connectivity index (χ2n) is 8.25. The van der Waals surface area contributed by atoms with Crippen LogP contribution in [0.4, 0.5) is 0 Å². The number of carbonyl (C=O) groups is 1. The zero-order valence-corrected chi connectivity index (χ0v) is 19.8. The second-order valence-corrected chi connectivity index (χ2v) is 9.21. The molecule has 0 saturated carbocycles. The van der Waals surface area contributed by atoms with E-state index in [4.69, 9.17) is 14.8 Å². The molecule has 6 nitrogen and oxygen atoms in total. The summed E-state index contributed by atoms with van der Waals surface area (Å²) in [7, 11) is 1.66. The van der Waals surface area contributed by atoms with Gasteiger partial charge in [-0.1, -0.05) is 90.6 Å². The molecule has 1 amide bonds. The molecule has 1 N–H and O–H groups in total. The number of amides is 1. The predicted octanol–water partition coefficient (Wildman–Crippen LogP) is 3.92. The molecule has 1 atom stereocenters. The topological polar surface area (TPSA) is 66.3 Å². The molecule has 2 aliphatic heterocycles. The Morgan fingerprint density at radius 1 is 0.943 bits per heavy atom. The van der Waals surface area contributed by atoms with Crippen molar-refractivity contribution in [3.8, 4) is 5.75 Å². The number of methoxy groups -OCH3 is 1. The molecule has 2 aliphatic rings. The van der Waals surface area contributed by atoms with E-state index in [9.17, 15) is 4.79 Å². The van der Waals surface area contributed by atoms with Gasteiger partial charge in [0.05, 0.1) is 12.5 Å². The minimum atomic E-state index is -0.556. The number of rotatable bonds is 4. The fourth-order valence-corrected chi connectivity index (χ4v) is 5.33. The molecule has 1 unspecified atom stereocenters. The summed E-state index contributed by atoms with van der Waals surface area (Å²) in [5, 5.41) is 13.8. The molecule has 0 aliphatic carbocycles. The molecule has 0 bridgehead atoms. The fraction of sp³-hybridized carbons (Fsp3) is 0.107. The third-order valence-corrected chi connectivity index (χ3v) is 7.08. The van der Waals surface area contributed by atoms with Gasteiger partial charge in [0.25, 0.3) is 5.91 Å². The van der Waals surface area contributed by atoms with Crippen LogP contribution in [0.3, 0.4) is 0 Å². The molecule has 6 rings (SSSR count). The summed E-state index contributed by atoms with van der Waals surface area (Å²) in [5.74, 6) is 1.21. The number of amidine groups is 1. The average Bonchev–Trinajstić information content (AvgIpc) is 2.91. The standard InChI is InChI=1S/C28H22N4O2S/c1-34-23-16-15-19-11-5-6-12-20(19)24(23)26-29-22-14-8-7-13-21(22)25-27(33)30-28(31-32(25)26)35-17-18-9-3-2-4-10-18/h2-16,26H,17H2,1H3,(H,30,31,33). The Morgan fingerprint density at radius 2 is 1.71 bits per heavy atom.